The van der Waals surface area contributed by atoms with Gasteiger partial charge in [0, 0.05) is 22.6 Å². The molecule has 51 heavy (non-hydrogen) atoms. The van der Waals surface area contributed by atoms with E-state index in [1.165, 1.54) is 23.1 Å². The summed E-state index contributed by atoms with van der Waals surface area (Å²) in [5.74, 6) is -6.09. The zero-order chi connectivity index (χ0) is 35.8. The summed E-state index contributed by atoms with van der Waals surface area (Å²) in [5, 5.41) is 11.9. The number of carbonyl (C=O) groups is 4. The number of rotatable bonds is 6. The molecule has 1 saturated carbocycles. The van der Waals surface area contributed by atoms with Crippen molar-refractivity contribution in [3.8, 4) is 11.5 Å². The number of nitrogens with zero attached hydrogens (tertiary/aromatic N) is 2. The number of phenols is 1. The first-order valence-corrected chi connectivity index (χ1v) is 17.4. The number of benzene rings is 4. The zero-order valence-electron chi connectivity index (χ0n) is 27.3. The predicted molar refractivity (Wildman–Crippen MR) is 189 cm³/mol. The monoisotopic (exact) mass is 724 g/mol. The minimum atomic E-state index is -1.42. The van der Waals surface area contributed by atoms with Gasteiger partial charge in [0.25, 0.3) is 0 Å². The number of amides is 4. The van der Waals surface area contributed by atoms with Crippen LogP contribution in [0.4, 0.5) is 15.8 Å². The van der Waals surface area contributed by atoms with Crippen molar-refractivity contribution in [1.82, 2.24) is 0 Å². The highest BCUT2D eigenvalue weighted by molar-refractivity contribution is 6.32. The molecule has 4 aromatic carbocycles. The van der Waals surface area contributed by atoms with E-state index in [1.54, 1.807) is 43.3 Å². The highest BCUT2D eigenvalue weighted by atomic mass is 35.5. The van der Waals surface area contributed by atoms with Crippen LogP contribution in [0.3, 0.4) is 0 Å². The molecule has 8 rings (SSSR count). The van der Waals surface area contributed by atoms with E-state index >= 15 is 0 Å². The number of phenolic OH excluding ortho intramolecular Hbond substituents is 1. The number of aromatic hydroxyl groups is 1. The van der Waals surface area contributed by atoms with Crippen molar-refractivity contribution >= 4 is 58.2 Å². The lowest BCUT2D eigenvalue weighted by molar-refractivity contribution is -0.131. The molecule has 2 aliphatic carbocycles. The van der Waals surface area contributed by atoms with Gasteiger partial charge in [-0.3, -0.25) is 24.1 Å². The van der Waals surface area contributed by atoms with Crippen LogP contribution in [-0.2, 0) is 25.8 Å². The van der Waals surface area contributed by atoms with Crippen molar-refractivity contribution in [2.24, 2.45) is 29.1 Å². The van der Waals surface area contributed by atoms with E-state index < -0.39 is 58.5 Å². The minimum Gasteiger partial charge on any atom is -0.508 e. The highest BCUT2D eigenvalue weighted by Gasteiger charge is 2.68. The fourth-order valence-corrected chi connectivity index (χ4v) is 8.97. The van der Waals surface area contributed by atoms with Gasteiger partial charge in [0.2, 0.25) is 23.6 Å². The summed E-state index contributed by atoms with van der Waals surface area (Å²) in [6, 6.07) is 24.6. The molecule has 8 nitrogen and oxygen atoms in total. The summed E-state index contributed by atoms with van der Waals surface area (Å²) in [4.78, 5) is 59.4. The Morgan fingerprint density at radius 1 is 0.843 bits per heavy atom. The molecule has 4 aromatic rings. The molecule has 0 bridgehead atoms. The number of fused-ring (bicyclic) bond motifs is 4. The van der Waals surface area contributed by atoms with Gasteiger partial charge in [0.15, 0.2) is 0 Å². The molecule has 258 valence electrons. The molecule has 2 saturated heterocycles. The van der Waals surface area contributed by atoms with Gasteiger partial charge in [0.05, 0.1) is 39.6 Å². The molecule has 4 amide bonds. The molecule has 4 aliphatic rings. The summed E-state index contributed by atoms with van der Waals surface area (Å²) in [6.45, 7) is 1.97. The lowest BCUT2D eigenvalue weighted by Gasteiger charge is -2.49. The average Bonchev–Trinajstić information content (AvgIpc) is 3.49. The topological polar surface area (TPSA) is 104 Å². The second-order valence-corrected chi connectivity index (χ2v) is 14.6. The van der Waals surface area contributed by atoms with Crippen molar-refractivity contribution in [1.29, 1.82) is 0 Å². The van der Waals surface area contributed by atoms with E-state index in [0.717, 1.165) is 16.5 Å². The number of imide groups is 2. The Kier molecular flexibility index (Phi) is 8.03. The summed E-state index contributed by atoms with van der Waals surface area (Å²) >= 11 is 12.2. The smallest absolute Gasteiger partial charge is 0.241 e. The average molecular weight is 726 g/mol. The first-order chi connectivity index (χ1) is 24.5. The summed E-state index contributed by atoms with van der Waals surface area (Å²) in [7, 11) is 0. The number of hydrogen-bond donors (Lipinski definition) is 1. The Bertz CT molecular complexity index is 2160. The number of hydrogen-bond acceptors (Lipinski definition) is 6. The Balaban J connectivity index is 1.22. The first kappa shape index (κ1) is 33.2. The van der Waals surface area contributed by atoms with Crippen LogP contribution < -0.4 is 14.5 Å². The van der Waals surface area contributed by atoms with Crippen LogP contribution in [0.2, 0.25) is 10.0 Å². The Labute approximate surface area is 303 Å². The minimum absolute atomic E-state index is 0.114. The van der Waals surface area contributed by atoms with Crippen LogP contribution in [0.1, 0.15) is 36.8 Å². The maximum absolute atomic E-state index is 14.7. The Morgan fingerprint density at radius 2 is 1.57 bits per heavy atom. The molecule has 0 aromatic heterocycles. The van der Waals surface area contributed by atoms with E-state index in [2.05, 4.69) is 0 Å². The number of allylic oxidation sites excluding steroid dienone is 2. The van der Waals surface area contributed by atoms with Crippen LogP contribution in [0.5, 0.6) is 11.5 Å². The van der Waals surface area contributed by atoms with E-state index in [0.29, 0.717) is 27.6 Å². The van der Waals surface area contributed by atoms with Crippen molar-refractivity contribution in [3.05, 3.63) is 130 Å². The summed E-state index contributed by atoms with van der Waals surface area (Å²) in [5.41, 5.74) is 1.14. The molecule has 6 unspecified atom stereocenters. The molecule has 1 N–H and O–H groups in total. The van der Waals surface area contributed by atoms with E-state index in [9.17, 15) is 28.7 Å². The Hall–Kier alpha value is -4.99. The summed E-state index contributed by atoms with van der Waals surface area (Å²) in [6.07, 6.45) is 2.26. The Morgan fingerprint density at radius 3 is 2.27 bits per heavy atom. The van der Waals surface area contributed by atoms with E-state index in [1.807, 2.05) is 36.4 Å². The lowest BCUT2D eigenvalue weighted by Crippen LogP contribution is -2.48. The van der Waals surface area contributed by atoms with Crippen LogP contribution in [-0.4, -0.2) is 28.7 Å². The molecule has 2 heterocycles. The largest absolute Gasteiger partial charge is 0.508 e. The van der Waals surface area contributed by atoms with Gasteiger partial charge in [-0.15, -0.1) is 0 Å². The van der Waals surface area contributed by atoms with Crippen molar-refractivity contribution in [2.45, 2.75) is 32.3 Å². The molecule has 0 radical (unpaired) electrons. The fraction of sp³-hybridized carbons (Fsp3) is 0.250. The van der Waals surface area contributed by atoms with Gasteiger partial charge < -0.3 is 9.84 Å². The standard InChI is InChI=1S/C40H31Cl2FN2O6/c1-40-30(37(48)45(39(40)50)24-11-16-32(43)31(42)17-24)19-29-26(14-15-28-34(29)38(49)44(36(28)47)23-9-7-22(41)8-10-23)35(40)27-13-12-25(18-33(27)46)51-20-21-5-3-2-4-6-21/h2-14,16-18,28-30,34-35,46H,15,19-20H2,1H3. The lowest BCUT2D eigenvalue weighted by atomic mass is 9.51. The zero-order valence-corrected chi connectivity index (χ0v) is 28.8. The van der Waals surface area contributed by atoms with Gasteiger partial charge in [-0.05, 0) is 79.8 Å². The maximum Gasteiger partial charge on any atom is 0.241 e. The first-order valence-electron chi connectivity index (χ1n) is 16.7. The fourth-order valence-electron chi connectivity index (χ4n) is 8.67. The molecule has 3 fully saturated rings. The van der Waals surface area contributed by atoms with Crippen LogP contribution in [0, 0.1) is 34.9 Å². The molecular formula is C40H31Cl2FN2O6. The quantitative estimate of drug-likeness (QED) is 0.161. The highest BCUT2D eigenvalue weighted by Crippen LogP contribution is 2.64. The van der Waals surface area contributed by atoms with Gasteiger partial charge in [0.1, 0.15) is 23.9 Å². The van der Waals surface area contributed by atoms with E-state index in [-0.39, 0.29) is 41.8 Å². The SMILES string of the molecule is CC12C(=O)N(c3ccc(F)c(Cl)c3)C(=O)C1CC1C(=CCC3C(=O)N(c4ccc(Cl)cc4)C(=O)C31)C2c1ccc(OCc2ccccc2)cc1O. The van der Waals surface area contributed by atoms with Crippen LogP contribution >= 0.6 is 23.2 Å². The normalized spacial score (nSPS) is 26.9. The molecule has 6 atom stereocenters. The van der Waals surface area contributed by atoms with Crippen molar-refractivity contribution in [2.75, 3.05) is 9.80 Å². The van der Waals surface area contributed by atoms with E-state index in [4.69, 9.17) is 27.9 Å². The number of halogens is 3. The van der Waals surface area contributed by atoms with Crippen LogP contribution in [0.15, 0.2) is 103 Å². The van der Waals surface area contributed by atoms with Gasteiger partial charge in [-0.2, -0.15) is 0 Å². The van der Waals surface area contributed by atoms with Gasteiger partial charge in [-0.1, -0.05) is 71.2 Å². The maximum atomic E-state index is 14.7. The van der Waals surface area contributed by atoms with Crippen molar-refractivity contribution < 1.29 is 33.4 Å². The van der Waals surface area contributed by atoms with Gasteiger partial charge >= 0.3 is 0 Å². The number of carbonyl (C=O) groups excluding carboxylic acids is 4. The number of ether oxygens (including phenoxy) is 1. The second kappa shape index (κ2) is 12.4. The summed E-state index contributed by atoms with van der Waals surface area (Å²) < 4.78 is 20.2. The number of anilines is 2. The molecule has 11 heteroatoms. The molecule has 2 aliphatic heterocycles. The van der Waals surface area contributed by atoms with Crippen LogP contribution in [0.25, 0.3) is 0 Å². The second-order valence-electron chi connectivity index (χ2n) is 13.7. The van der Waals surface area contributed by atoms with Gasteiger partial charge in [-0.25, -0.2) is 9.29 Å². The molecular weight excluding hydrogens is 694 g/mol. The predicted octanol–water partition coefficient (Wildman–Crippen LogP) is 7.85. The van der Waals surface area contributed by atoms with Crippen molar-refractivity contribution in [3.63, 3.8) is 0 Å². The third-order valence-corrected chi connectivity index (χ3v) is 11.6. The molecule has 0 spiro atoms. The third-order valence-electron chi connectivity index (χ3n) is 11.1. The third kappa shape index (κ3) is 5.16.